The highest BCUT2D eigenvalue weighted by molar-refractivity contribution is 5.96. The average molecular weight is 463 g/mol. The molecule has 0 radical (unpaired) electrons. The van der Waals surface area contributed by atoms with Crippen LogP contribution in [0.2, 0.25) is 0 Å². The Hall–Kier alpha value is -2.96. The number of hydrogen-bond donors (Lipinski definition) is 1. The molecule has 0 unspecified atom stereocenters. The molecule has 0 saturated carbocycles. The van der Waals surface area contributed by atoms with Crippen molar-refractivity contribution in [3.05, 3.63) is 77.4 Å². The van der Waals surface area contributed by atoms with Crippen molar-refractivity contribution >= 4 is 17.9 Å². The van der Waals surface area contributed by atoms with E-state index in [0.29, 0.717) is 39.1 Å². The minimum atomic E-state index is -0.749. The summed E-state index contributed by atoms with van der Waals surface area (Å²) in [4.78, 5) is 28.1. The maximum atomic E-state index is 13.4. The Balaban J connectivity index is 1.43. The van der Waals surface area contributed by atoms with E-state index in [2.05, 4.69) is 38.2 Å². The number of carbonyl (C=O) groups is 2. The van der Waals surface area contributed by atoms with Crippen LogP contribution in [-0.4, -0.2) is 48.8 Å². The molecule has 0 aliphatic carbocycles. The van der Waals surface area contributed by atoms with Crippen LogP contribution in [0.4, 0.5) is 0 Å². The van der Waals surface area contributed by atoms with E-state index in [0.717, 1.165) is 11.1 Å². The minimum Gasteiger partial charge on any atom is -0.347 e. The zero-order valence-electron chi connectivity index (χ0n) is 20.3. The van der Waals surface area contributed by atoms with Crippen LogP contribution in [0.25, 0.3) is 6.08 Å². The van der Waals surface area contributed by atoms with Crippen LogP contribution >= 0.6 is 0 Å². The van der Waals surface area contributed by atoms with E-state index in [1.165, 1.54) is 11.6 Å². The highest BCUT2D eigenvalue weighted by Gasteiger charge is 2.42. The Morgan fingerprint density at radius 3 is 2.18 bits per heavy atom. The van der Waals surface area contributed by atoms with Gasteiger partial charge in [0.25, 0.3) is 0 Å². The second-order valence-corrected chi connectivity index (χ2v) is 9.99. The predicted octanol–water partition coefficient (Wildman–Crippen LogP) is 4.22. The Kier molecular flexibility index (Phi) is 7.19. The van der Waals surface area contributed by atoms with Crippen LogP contribution < -0.4 is 5.32 Å². The van der Waals surface area contributed by atoms with Crippen LogP contribution in [0.15, 0.2) is 60.7 Å². The molecular weight excluding hydrogens is 428 g/mol. The van der Waals surface area contributed by atoms with E-state index in [1.807, 2.05) is 42.5 Å². The van der Waals surface area contributed by atoms with Crippen LogP contribution in [0.1, 0.15) is 56.3 Å². The summed E-state index contributed by atoms with van der Waals surface area (Å²) in [5, 5.41) is 2.92. The van der Waals surface area contributed by atoms with E-state index < -0.39 is 11.8 Å². The molecule has 1 N–H and O–H groups in total. The zero-order valence-corrected chi connectivity index (χ0v) is 20.3. The summed E-state index contributed by atoms with van der Waals surface area (Å²) < 4.78 is 11.6. The van der Waals surface area contributed by atoms with Crippen molar-refractivity contribution in [3.8, 4) is 0 Å². The number of nitrogens with one attached hydrogen (secondary N) is 1. The number of likely N-dealkylation sites (tertiary alicyclic amines) is 1. The molecule has 0 bridgehead atoms. The lowest BCUT2D eigenvalue weighted by Gasteiger charge is -2.38. The number of ether oxygens (including phenoxy) is 2. The molecule has 1 spiro atoms. The summed E-state index contributed by atoms with van der Waals surface area (Å²) in [6, 6.07) is 16.8. The maximum Gasteiger partial charge on any atom is 0.249 e. The first-order valence-electron chi connectivity index (χ1n) is 12.0. The van der Waals surface area contributed by atoms with Gasteiger partial charge in [0.15, 0.2) is 5.79 Å². The third kappa shape index (κ3) is 5.75. The largest absolute Gasteiger partial charge is 0.347 e. The van der Waals surface area contributed by atoms with E-state index in [9.17, 15) is 9.59 Å². The van der Waals surface area contributed by atoms with Crippen molar-refractivity contribution in [1.29, 1.82) is 0 Å². The SMILES string of the molecule is CC(C)(C)c1ccc(/C=C/C(=O)N[C@@H](C(=O)N2CCC3(CC2)OCCO3)c2ccccc2)cc1. The lowest BCUT2D eigenvalue weighted by atomic mass is 9.87. The fourth-order valence-corrected chi connectivity index (χ4v) is 4.43. The summed E-state index contributed by atoms with van der Waals surface area (Å²) >= 11 is 0. The van der Waals surface area contributed by atoms with Crippen molar-refractivity contribution < 1.29 is 19.1 Å². The van der Waals surface area contributed by atoms with Gasteiger partial charge in [-0.1, -0.05) is 75.4 Å². The van der Waals surface area contributed by atoms with Gasteiger partial charge in [0.2, 0.25) is 11.8 Å². The van der Waals surface area contributed by atoms with Crippen molar-refractivity contribution in [2.24, 2.45) is 0 Å². The number of amides is 2. The summed E-state index contributed by atoms with van der Waals surface area (Å²) in [7, 11) is 0. The van der Waals surface area contributed by atoms with Gasteiger partial charge in [0.05, 0.1) is 13.2 Å². The normalized spacial score (nSPS) is 18.9. The number of rotatable bonds is 5. The molecular formula is C28H34N2O4. The molecule has 2 aromatic carbocycles. The minimum absolute atomic E-state index is 0.0764. The molecule has 6 nitrogen and oxygen atoms in total. The number of nitrogens with zero attached hydrogens (tertiary/aromatic N) is 1. The number of carbonyl (C=O) groups excluding carboxylic acids is 2. The molecule has 1 atom stereocenters. The Morgan fingerprint density at radius 2 is 1.59 bits per heavy atom. The van der Waals surface area contributed by atoms with Crippen LogP contribution in [-0.2, 0) is 24.5 Å². The number of hydrogen-bond acceptors (Lipinski definition) is 4. The lowest BCUT2D eigenvalue weighted by molar-refractivity contribution is -0.188. The molecule has 34 heavy (non-hydrogen) atoms. The summed E-state index contributed by atoms with van der Waals surface area (Å²) in [5.74, 6) is -0.971. The third-order valence-electron chi connectivity index (χ3n) is 6.52. The topological polar surface area (TPSA) is 67.9 Å². The van der Waals surface area contributed by atoms with Gasteiger partial charge < -0.3 is 19.7 Å². The number of benzene rings is 2. The molecule has 2 amide bonds. The van der Waals surface area contributed by atoms with Crippen LogP contribution in [0, 0.1) is 0 Å². The Morgan fingerprint density at radius 1 is 0.971 bits per heavy atom. The van der Waals surface area contributed by atoms with Crippen LogP contribution in [0.3, 0.4) is 0 Å². The Labute approximate surface area is 201 Å². The highest BCUT2D eigenvalue weighted by atomic mass is 16.7. The molecule has 2 saturated heterocycles. The molecule has 2 aromatic rings. The molecule has 2 aliphatic rings. The summed E-state index contributed by atoms with van der Waals surface area (Å²) in [5.41, 5.74) is 3.01. The molecule has 6 heteroatoms. The highest BCUT2D eigenvalue weighted by Crippen LogP contribution is 2.32. The smallest absolute Gasteiger partial charge is 0.249 e. The molecule has 2 aliphatic heterocycles. The quantitative estimate of drug-likeness (QED) is 0.676. The molecule has 0 aromatic heterocycles. The van der Waals surface area contributed by atoms with Gasteiger partial charge in [-0.05, 0) is 28.2 Å². The van der Waals surface area contributed by atoms with Gasteiger partial charge in [0, 0.05) is 32.0 Å². The van der Waals surface area contributed by atoms with E-state index in [-0.39, 0.29) is 17.2 Å². The van der Waals surface area contributed by atoms with Crippen molar-refractivity contribution in [2.45, 2.75) is 50.9 Å². The second kappa shape index (κ2) is 10.1. The first-order valence-corrected chi connectivity index (χ1v) is 12.0. The predicted molar refractivity (Wildman–Crippen MR) is 132 cm³/mol. The van der Waals surface area contributed by atoms with E-state index >= 15 is 0 Å². The van der Waals surface area contributed by atoms with Gasteiger partial charge in [-0.15, -0.1) is 0 Å². The van der Waals surface area contributed by atoms with Gasteiger partial charge >= 0.3 is 0 Å². The summed E-state index contributed by atoms with van der Waals surface area (Å²) in [6.45, 7) is 8.78. The van der Waals surface area contributed by atoms with E-state index in [4.69, 9.17) is 9.47 Å². The van der Waals surface area contributed by atoms with Crippen molar-refractivity contribution in [2.75, 3.05) is 26.3 Å². The molecule has 2 heterocycles. The molecule has 2 fully saturated rings. The summed E-state index contributed by atoms with van der Waals surface area (Å²) in [6.07, 6.45) is 4.53. The van der Waals surface area contributed by atoms with Gasteiger partial charge in [-0.25, -0.2) is 0 Å². The van der Waals surface area contributed by atoms with Crippen LogP contribution in [0.5, 0.6) is 0 Å². The fraction of sp³-hybridized carbons (Fsp3) is 0.429. The average Bonchev–Trinajstić information content (AvgIpc) is 3.29. The maximum absolute atomic E-state index is 13.4. The molecule has 180 valence electrons. The van der Waals surface area contributed by atoms with Gasteiger partial charge in [0.1, 0.15) is 6.04 Å². The molecule has 4 rings (SSSR count). The fourth-order valence-electron chi connectivity index (χ4n) is 4.43. The van der Waals surface area contributed by atoms with Crippen molar-refractivity contribution in [1.82, 2.24) is 10.2 Å². The zero-order chi connectivity index (χ0) is 24.2. The van der Waals surface area contributed by atoms with E-state index in [1.54, 1.807) is 11.0 Å². The number of piperidine rings is 1. The first-order chi connectivity index (χ1) is 16.3. The van der Waals surface area contributed by atoms with Gasteiger partial charge in [-0.2, -0.15) is 0 Å². The van der Waals surface area contributed by atoms with Gasteiger partial charge in [-0.3, -0.25) is 9.59 Å². The third-order valence-corrected chi connectivity index (χ3v) is 6.52. The Bertz CT molecular complexity index is 1010. The monoisotopic (exact) mass is 462 g/mol. The van der Waals surface area contributed by atoms with Crippen molar-refractivity contribution in [3.63, 3.8) is 0 Å². The second-order valence-electron chi connectivity index (χ2n) is 9.99. The first kappa shape index (κ1) is 24.2. The lowest BCUT2D eigenvalue weighted by Crippen LogP contribution is -2.50. The standard InChI is InChI=1S/C28H34N2O4/c1-27(2,3)23-12-9-21(10-13-23)11-14-24(31)29-25(22-7-5-4-6-8-22)26(32)30-17-15-28(16-18-30)33-19-20-34-28/h4-14,25H,15-20H2,1-3H3,(H,29,31)/b14-11+/t25-/m1/s1.